The summed E-state index contributed by atoms with van der Waals surface area (Å²) < 4.78 is 0.556. The zero-order chi connectivity index (χ0) is 13.0. The molecule has 90 valence electrons. The Bertz CT molecular complexity index is 469. The molecule has 0 saturated carbocycles. The highest BCUT2D eigenvalue weighted by Crippen LogP contribution is 2.25. The van der Waals surface area contributed by atoms with Crippen LogP contribution >= 0.6 is 15.9 Å². The van der Waals surface area contributed by atoms with Crippen LogP contribution in [0.1, 0.15) is 28.4 Å². The van der Waals surface area contributed by atoms with E-state index in [-0.39, 0.29) is 17.5 Å². The normalized spacial score (nSPS) is 13.8. The number of rotatable bonds is 4. The first-order chi connectivity index (χ1) is 7.97. The van der Waals surface area contributed by atoms with Crippen molar-refractivity contribution in [1.82, 2.24) is 0 Å². The minimum absolute atomic E-state index is 0.0865. The van der Waals surface area contributed by atoms with Gasteiger partial charge in [0.2, 0.25) is 0 Å². The van der Waals surface area contributed by atoms with Crippen LogP contribution in [-0.2, 0) is 0 Å². The molecular formula is C11H10BrNO4. The Morgan fingerprint density at radius 3 is 2.65 bits per heavy atom. The Morgan fingerprint density at radius 1 is 1.47 bits per heavy atom. The predicted octanol–water partition coefficient (Wildman–Crippen LogP) is 1.46. The lowest BCUT2D eigenvalue weighted by atomic mass is 9.97. The summed E-state index contributed by atoms with van der Waals surface area (Å²) in [5.41, 5.74) is -0.0210. The summed E-state index contributed by atoms with van der Waals surface area (Å²) in [6.07, 6.45) is -2.97. The van der Waals surface area contributed by atoms with Crippen LogP contribution < -0.4 is 0 Å². The predicted molar refractivity (Wildman–Crippen MR) is 62.3 cm³/mol. The average Bonchev–Trinajstić information content (AvgIpc) is 2.28. The van der Waals surface area contributed by atoms with Gasteiger partial charge in [-0.2, -0.15) is 5.26 Å². The van der Waals surface area contributed by atoms with Crippen molar-refractivity contribution < 1.29 is 20.1 Å². The van der Waals surface area contributed by atoms with Gasteiger partial charge in [-0.15, -0.1) is 0 Å². The molecule has 0 aliphatic carbocycles. The second kappa shape index (κ2) is 5.77. The Kier molecular flexibility index (Phi) is 4.63. The molecule has 5 nitrogen and oxygen atoms in total. The van der Waals surface area contributed by atoms with Crippen molar-refractivity contribution in [1.29, 1.82) is 5.26 Å². The van der Waals surface area contributed by atoms with Crippen LogP contribution in [0.2, 0.25) is 0 Å². The number of aliphatic hydroxyl groups excluding tert-OH is 2. The lowest BCUT2D eigenvalue weighted by Gasteiger charge is -2.17. The Morgan fingerprint density at radius 2 is 2.12 bits per heavy atom. The summed E-state index contributed by atoms with van der Waals surface area (Å²) in [6.45, 7) is 0. The van der Waals surface area contributed by atoms with Crippen LogP contribution in [0.5, 0.6) is 0 Å². The molecular weight excluding hydrogens is 290 g/mol. The molecule has 3 N–H and O–H groups in total. The first-order valence-corrected chi connectivity index (χ1v) is 5.52. The zero-order valence-electron chi connectivity index (χ0n) is 8.67. The number of nitriles is 1. The molecule has 0 spiro atoms. The van der Waals surface area contributed by atoms with Crippen LogP contribution in [0.4, 0.5) is 0 Å². The third kappa shape index (κ3) is 3.27. The monoisotopic (exact) mass is 299 g/mol. The van der Waals surface area contributed by atoms with E-state index < -0.39 is 18.2 Å². The fourth-order valence-electron chi connectivity index (χ4n) is 1.38. The van der Waals surface area contributed by atoms with E-state index in [4.69, 9.17) is 10.4 Å². The van der Waals surface area contributed by atoms with Gasteiger partial charge in [0.1, 0.15) is 6.10 Å². The van der Waals surface area contributed by atoms with Crippen LogP contribution in [0, 0.1) is 11.3 Å². The maximum atomic E-state index is 11.0. The van der Waals surface area contributed by atoms with Crippen molar-refractivity contribution in [3.63, 3.8) is 0 Å². The number of hydrogen-bond donors (Lipinski definition) is 3. The third-order valence-corrected chi connectivity index (χ3v) is 2.72. The summed E-state index contributed by atoms with van der Waals surface area (Å²) in [6, 6.07) is 6.01. The number of nitrogens with zero attached hydrogens (tertiary/aromatic N) is 1. The minimum Gasteiger partial charge on any atom is -0.478 e. The molecule has 1 rings (SSSR count). The smallest absolute Gasteiger partial charge is 0.336 e. The minimum atomic E-state index is -1.39. The second-order valence-electron chi connectivity index (χ2n) is 3.41. The van der Waals surface area contributed by atoms with E-state index in [9.17, 15) is 15.0 Å². The lowest BCUT2D eigenvalue weighted by Crippen LogP contribution is -2.20. The molecule has 1 aromatic carbocycles. The Labute approximate surface area is 106 Å². The van der Waals surface area contributed by atoms with Crippen LogP contribution in [0.3, 0.4) is 0 Å². The molecule has 0 heterocycles. The molecule has 0 aliphatic rings. The van der Waals surface area contributed by atoms with Gasteiger partial charge in [0.25, 0.3) is 0 Å². The van der Waals surface area contributed by atoms with Crippen molar-refractivity contribution in [3.05, 3.63) is 33.8 Å². The Balaban J connectivity index is 3.13. The van der Waals surface area contributed by atoms with E-state index in [1.165, 1.54) is 12.1 Å². The number of carboxylic acids is 1. The fourth-order valence-corrected chi connectivity index (χ4v) is 1.75. The number of aliphatic hydroxyl groups is 2. The van der Waals surface area contributed by atoms with Crippen molar-refractivity contribution in [2.45, 2.75) is 18.6 Å². The Hall–Kier alpha value is -1.42. The summed E-state index contributed by atoms with van der Waals surface area (Å²) in [5.74, 6) is -1.20. The van der Waals surface area contributed by atoms with Crippen LogP contribution in [-0.4, -0.2) is 27.4 Å². The van der Waals surface area contributed by atoms with Crippen LogP contribution in [0.25, 0.3) is 0 Å². The van der Waals surface area contributed by atoms with Crippen molar-refractivity contribution in [3.8, 4) is 6.07 Å². The van der Waals surface area contributed by atoms with Gasteiger partial charge in [-0.3, -0.25) is 0 Å². The highest BCUT2D eigenvalue weighted by molar-refractivity contribution is 9.10. The second-order valence-corrected chi connectivity index (χ2v) is 4.33. The van der Waals surface area contributed by atoms with E-state index in [2.05, 4.69) is 15.9 Å². The molecule has 0 amide bonds. The van der Waals surface area contributed by atoms with Gasteiger partial charge in [0.15, 0.2) is 0 Å². The summed E-state index contributed by atoms with van der Waals surface area (Å²) in [4.78, 5) is 11.0. The molecule has 17 heavy (non-hydrogen) atoms. The summed E-state index contributed by atoms with van der Waals surface area (Å²) in [7, 11) is 0. The highest BCUT2D eigenvalue weighted by atomic mass is 79.9. The van der Waals surface area contributed by atoms with Gasteiger partial charge in [0.05, 0.1) is 24.2 Å². The van der Waals surface area contributed by atoms with Gasteiger partial charge in [0, 0.05) is 4.47 Å². The van der Waals surface area contributed by atoms with Gasteiger partial charge in [-0.25, -0.2) is 4.79 Å². The van der Waals surface area contributed by atoms with Crippen molar-refractivity contribution in [2.75, 3.05) is 0 Å². The van der Waals surface area contributed by atoms with E-state index in [1.807, 2.05) is 0 Å². The molecule has 0 radical (unpaired) electrons. The lowest BCUT2D eigenvalue weighted by molar-refractivity contribution is 0.0205. The number of aromatic carboxylic acids is 1. The standard InChI is InChI=1S/C11H10BrNO4/c12-6-1-2-7(8(5-6)11(16)17)10(15)9(14)3-4-13/h1-2,5,9-10,14-15H,3H2,(H,16,17). The summed E-state index contributed by atoms with van der Waals surface area (Å²) in [5, 5.41) is 36.6. The molecule has 6 heteroatoms. The topological polar surface area (TPSA) is 102 Å². The first kappa shape index (κ1) is 13.6. The van der Waals surface area contributed by atoms with Crippen molar-refractivity contribution in [2.24, 2.45) is 0 Å². The van der Waals surface area contributed by atoms with E-state index in [0.717, 1.165) is 0 Å². The molecule has 2 atom stereocenters. The van der Waals surface area contributed by atoms with E-state index >= 15 is 0 Å². The number of benzene rings is 1. The molecule has 0 fully saturated rings. The molecule has 0 aliphatic heterocycles. The number of halogens is 1. The third-order valence-electron chi connectivity index (χ3n) is 2.23. The molecule has 0 saturated heterocycles. The average molecular weight is 300 g/mol. The molecule has 0 aromatic heterocycles. The van der Waals surface area contributed by atoms with Gasteiger partial charge >= 0.3 is 5.97 Å². The van der Waals surface area contributed by atoms with Gasteiger partial charge in [-0.1, -0.05) is 22.0 Å². The zero-order valence-corrected chi connectivity index (χ0v) is 10.3. The maximum absolute atomic E-state index is 11.0. The number of carboxylic acid groups (broad SMARTS) is 1. The highest BCUT2D eigenvalue weighted by Gasteiger charge is 2.23. The largest absolute Gasteiger partial charge is 0.478 e. The first-order valence-electron chi connectivity index (χ1n) is 4.73. The maximum Gasteiger partial charge on any atom is 0.336 e. The fraction of sp³-hybridized carbons (Fsp3) is 0.273. The van der Waals surface area contributed by atoms with E-state index in [0.29, 0.717) is 4.47 Å². The molecule has 2 unspecified atom stereocenters. The molecule has 0 bridgehead atoms. The number of hydrogen-bond acceptors (Lipinski definition) is 4. The quantitative estimate of drug-likeness (QED) is 0.781. The van der Waals surface area contributed by atoms with E-state index in [1.54, 1.807) is 12.1 Å². The SMILES string of the molecule is N#CCC(O)C(O)c1ccc(Br)cc1C(=O)O. The van der Waals surface area contributed by atoms with Crippen LogP contribution in [0.15, 0.2) is 22.7 Å². The summed E-state index contributed by atoms with van der Waals surface area (Å²) >= 11 is 3.12. The molecule has 1 aromatic rings. The van der Waals surface area contributed by atoms with Gasteiger partial charge in [-0.05, 0) is 17.7 Å². The number of carbonyl (C=O) groups is 1. The van der Waals surface area contributed by atoms with Crippen molar-refractivity contribution >= 4 is 21.9 Å². The van der Waals surface area contributed by atoms with Gasteiger partial charge < -0.3 is 15.3 Å².